The van der Waals surface area contributed by atoms with Gasteiger partial charge in [0.25, 0.3) is 5.91 Å². The fraction of sp³-hybridized carbons (Fsp3) is 0.500. The summed E-state index contributed by atoms with van der Waals surface area (Å²) in [6.45, 7) is 2.48. The average molecular weight is 345 g/mol. The Morgan fingerprint density at radius 1 is 1.24 bits per heavy atom. The normalized spacial score (nSPS) is 24.8. The predicted octanol–water partition coefficient (Wildman–Crippen LogP) is 0.503. The highest BCUT2D eigenvalue weighted by Gasteiger charge is 2.50. The molecule has 0 bridgehead atoms. The summed E-state index contributed by atoms with van der Waals surface area (Å²) >= 11 is 0. The van der Waals surface area contributed by atoms with Crippen molar-refractivity contribution >= 4 is 17.7 Å². The number of carbonyl (C=O) groups excluding carboxylic acids is 3. The second-order valence-electron chi connectivity index (χ2n) is 6.56. The number of hydrogen-bond acceptors (Lipinski definition) is 4. The van der Waals surface area contributed by atoms with Crippen LogP contribution in [0.25, 0.3) is 0 Å². The summed E-state index contributed by atoms with van der Waals surface area (Å²) in [4.78, 5) is 40.3. The molecule has 2 fully saturated rings. The molecule has 7 heteroatoms. The largest absolute Gasteiger partial charge is 0.497 e. The minimum atomic E-state index is -0.438. The smallest absolute Gasteiger partial charge is 0.254 e. The highest BCUT2D eigenvalue weighted by atomic mass is 16.5. The van der Waals surface area contributed by atoms with Crippen LogP contribution in [-0.4, -0.2) is 66.9 Å². The van der Waals surface area contributed by atoms with Gasteiger partial charge in [0, 0.05) is 38.5 Å². The Balaban J connectivity index is 1.77. The molecule has 1 aromatic rings. The number of rotatable bonds is 3. The molecule has 2 heterocycles. The maximum atomic E-state index is 12.8. The Kier molecular flexibility index (Phi) is 4.65. The zero-order valence-electron chi connectivity index (χ0n) is 14.7. The second kappa shape index (κ2) is 6.74. The topological polar surface area (TPSA) is 79.0 Å². The minimum absolute atomic E-state index is 0.0757. The highest BCUT2D eigenvalue weighted by molar-refractivity contribution is 5.95. The molecule has 3 atom stereocenters. The van der Waals surface area contributed by atoms with E-state index in [9.17, 15) is 14.4 Å². The van der Waals surface area contributed by atoms with E-state index in [0.29, 0.717) is 30.8 Å². The fourth-order valence-corrected chi connectivity index (χ4v) is 3.99. The number of methoxy groups -OCH3 is 1. The van der Waals surface area contributed by atoms with Crippen LogP contribution in [-0.2, 0) is 9.59 Å². The van der Waals surface area contributed by atoms with E-state index in [1.165, 1.54) is 6.92 Å². The molecule has 0 aliphatic carbocycles. The van der Waals surface area contributed by atoms with Crippen molar-refractivity contribution in [2.24, 2.45) is 5.92 Å². The van der Waals surface area contributed by atoms with E-state index in [4.69, 9.17) is 4.74 Å². The van der Waals surface area contributed by atoms with Gasteiger partial charge in [0.1, 0.15) is 11.8 Å². The molecular formula is C18H23N3O4. The third-order valence-electron chi connectivity index (χ3n) is 5.14. The van der Waals surface area contributed by atoms with Crippen LogP contribution < -0.4 is 10.1 Å². The van der Waals surface area contributed by atoms with Crippen molar-refractivity contribution < 1.29 is 19.1 Å². The van der Waals surface area contributed by atoms with Crippen molar-refractivity contribution in [3.05, 3.63) is 29.8 Å². The summed E-state index contributed by atoms with van der Waals surface area (Å²) in [7, 11) is 3.14. The van der Waals surface area contributed by atoms with Crippen LogP contribution in [0.3, 0.4) is 0 Å². The lowest BCUT2D eigenvalue weighted by atomic mass is 10.0. The summed E-state index contributed by atoms with van der Waals surface area (Å²) in [5, 5.41) is 2.63. The van der Waals surface area contributed by atoms with Gasteiger partial charge in [0.05, 0.1) is 13.2 Å². The molecule has 7 nitrogen and oxygen atoms in total. The molecular weight excluding hydrogens is 322 g/mol. The average Bonchev–Trinajstić information content (AvgIpc) is 3.17. The summed E-state index contributed by atoms with van der Waals surface area (Å²) in [6, 6.07) is 6.51. The van der Waals surface area contributed by atoms with Gasteiger partial charge in [-0.2, -0.15) is 0 Å². The Morgan fingerprint density at radius 2 is 2.00 bits per heavy atom. The number of likely N-dealkylation sites (N-methyl/N-ethyl adjacent to an activating group) is 1. The summed E-state index contributed by atoms with van der Waals surface area (Å²) in [5.74, 6) is 0.413. The monoisotopic (exact) mass is 345 g/mol. The van der Waals surface area contributed by atoms with E-state index >= 15 is 0 Å². The van der Waals surface area contributed by atoms with Gasteiger partial charge in [-0.25, -0.2) is 0 Å². The van der Waals surface area contributed by atoms with Gasteiger partial charge < -0.3 is 19.9 Å². The van der Waals surface area contributed by atoms with Crippen LogP contribution in [0.5, 0.6) is 5.75 Å². The number of nitrogens with one attached hydrogen (secondary N) is 1. The lowest BCUT2D eigenvalue weighted by Gasteiger charge is -2.28. The van der Waals surface area contributed by atoms with E-state index in [2.05, 4.69) is 5.32 Å². The predicted molar refractivity (Wildman–Crippen MR) is 91.2 cm³/mol. The van der Waals surface area contributed by atoms with Crippen LogP contribution in [0, 0.1) is 5.92 Å². The third-order valence-corrected chi connectivity index (χ3v) is 5.14. The number of fused-ring (bicyclic) bond motifs is 1. The van der Waals surface area contributed by atoms with Crippen LogP contribution in [0.2, 0.25) is 0 Å². The van der Waals surface area contributed by atoms with Crippen molar-refractivity contribution in [3.8, 4) is 5.75 Å². The third kappa shape index (κ3) is 3.06. The highest BCUT2D eigenvalue weighted by Crippen LogP contribution is 2.36. The van der Waals surface area contributed by atoms with Crippen LogP contribution >= 0.6 is 0 Å². The van der Waals surface area contributed by atoms with Crippen molar-refractivity contribution in [1.29, 1.82) is 0 Å². The first-order chi connectivity index (χ1) is 12.0. The number of benzene rings is 1. The molecule has 0 unspecified atom stereocenters. The molecule has 2 aliphatic heterocycles. The van der Waals surface area contributed by atoms with Crippen LogP contribution in [0.4, 0.5) is 0 Å². The lowest BCUT2D eigenvalue weighted by Crippen LogP contribution is -2.49. The summed E-state index contributed by atoms with van der Waals surface area (Å²) < 4.78 is 5.18. The molecule has 3 amide bonds. The molecule has 0 spiro atoms. The first kappa shape index (κ1) is 17.3. The molecule has 1 aromatic carbocycles. The van der Waals surface area contributed by atoms with Gasteiger partial charge in [-0.1, -0.05) is 6.07 Å². The van der Waals surface area contributed by atoms with Crippen LogP contribution in [0.1, 0.15) is 23.7 Å². The van der Waals surface area contributed by atoms with Gasteiger partial charge in [-0.15, -0.1) is 0 Å². The SMILES string of the molecule is CNC(=O)[C@@H]1C[C@H]2CN(C(=O)c3cccc(OC)c3)C[C@H]2N1C(C)=O. The van der Waals surface area contributed by atoms with Gasteiger partial charge in [0.2, 0.25) is 11.8 Å². The first-order valence-electron chi connectivity index (χ1n) is 8.40. The molecule has 25 heavy (non-hydrogen) atoms. The molecule has 2 saturated heterocycles. The minimum Gasteiger partial charge on any atom is -0.497 e. The van der Waals surface area contributed by atoms with Crippen LogP contribution in [0.15, 0.2) is 24.3 Å². The quantitative estimate of drug-likeness (QED) is 0.865. The molecule has 0 aromatic heterocycles. The molecule has 1 N–H and O–H groups in total. The standard InChI is InChI=1S/C18H23N3O4/c1-11(22)21-15(17(23)19-2)8-13-9-20(10-16(13)21)18(24)12-5-4-6-14(7-12)25-3/h4-7,13,15-16H,8-10H2,1-3H3,(H,19,23)/t13-,15-,16+/m0/s1. The molecule has 0 radical (unpaired) electrons. The Morgan fingerprint density at radius 3 is 2.64 bits per heavy atom. The van der Waals surface area contributed by atoms with Gasteiger partial charge >= 0.3 is 0 Å². The van der Waals surface area contributed by atoms with E-state index in [1.807, 2.05) is 0 Å². The second-order valence-corrected chi connectivity index (χ2v) is 6.56. The van der Waals surface area contributed by atoms with E-state index in [-0.39, 0.29) is 29.7 Å². The number of likely N-dealkylation sites (tertiary alicyclic amines) is 2. The fourth-order valence-electron chi connectivity index (χ4n) is 3.99. The van der Waals surface area contributed by atoms with Gasteiger partial charge in [0.15, 0.2) is 0 Å². The van der Waals surface area contributed by atoms with E-state index in [0.717, 1.165) is 0 Å². The Bertz CT molecular complexity index is 705. The van der Waals surface area contributed by atoms with Crippen molar-refractivity contribution in [2.45, 2.75) is 25.4 Å². The molecule has 0 saturated carbocycles. The van der Waals surface area contributed by atoms with Gasteiger partial charge in [-0.3, -0.25) is 14.4 Å². The number of amides is 3. The Hall–Kier alpha value is -2.57. The number of ether oxygens (including phenoxy) is 1. The number of nitrogens with zero attached hydrogens (tertiary/aromatic N) is 2. The van der Waals surface area contributed by atoms with E-state index in [1.54, 1.807) is 48.2 Å². The van der Waals surface area contributed by atoms with Crippen molar-refractivity contribution in [1.82, 2.24) is 15.1 Å². The first-order valence-corrected chi connectivity index (χ1v) is 8.40. The molecule has 134 valence electrons. The zero-order valence-corrected chi connectivity index (χ0v) is 14.7. The number of carbonyl (C=O) groups is 3. The van der Waals surface area contributed by atoms with Gasteiger partial charge in [-0.05, 0) is 24.6 Å². The van der Waals surface area contributed by atoms with Crippen molar-refractivity contribution in [2.75, 3.05) is 27.2 Å². The summed E-state index contributed by atoms with van der Waals surface area (Å²) in [6.07, 6.45) is 0.589. The molecule has 2 aliphatic rings. The lowest BCUT2D eigenvalue weighted by molar-refractivity contribution is -0.138. The number of hydrogen-bond donors (Lipinski definition) is 1. The maximum Gasteiger partial charge on any atom is 0.254 e. The zero-order chi connectivity index (χ0) is 18.1. The summed E-state index contributed by atoms with van der Waals surface area (Å²) in [5.41, 5.74) is 0.566. The Labute approximate surface area is 146 Å². The molecule has 3 rings (SSSR count). The van der Waals surface area contributed by atoms with Crippen molar-refractivity contribution in [3.63, 3.8) is 0 Å². The van der Waals surface area contributed by atoms with E-state index < -0.39 is 6.04 Å². The maximum absolute atomic E-state index is 12.8.